The van der Waals surface area contributed by atoms with E-state index < -0.39 is 6.61 Å². The topological polar surface area (TPSA) is 75.1 Å². The highest BCUT2D eigenvalue weighted by Gasteiger charge is 2.44. The molecule has 3 atom stereocenters. The number of hydrogen-bond acceptors (Lipinski definition) is 6. The van der Waals surface area contributed by atoms with Gasteiger partial charge in [-0.25, -0.2) is 4.98 Å². The third-order valence-electron chi connectivity index (χ3n) is 5.93. The average Bonchev–Trinajstić information content (AvgIpc) is 3.34. The van der Waals surface area contributed by atoms with Gasteiger partial charge < -0.3 is 19.5 Å². The predicted molar refractivity (Wildman–Crippen MR) is 101 cm³/mol. The number of hydrogen-bond donors (Lipinski definition) is 1. The molecule has 2 fully saturated rings. The maximum Gasteiger partial charge on any atom is 0.257 e. The van der Waals surface area contributed by atoms with Crippen LogP contribution >= 0.6 is 0 Å². The second kappa shape index (κ2) is 7.07. The van der Waals surface area contributed by atoms with Gasteiger partial charge in [0.05, 0.1) is 0 Å². The molecule has 3 aliphatic heterocycles. The van der Waals surface area contributed by atoms with Crippen molar-refractivity contribution in [3.05, 3.63) is 53.7 Å². The Morgan fingerprint density at radius 1 is 1.18 bits per heavy atom. The van der Waals surface area contributed by atoms with Crippen LogP contribution in [0.2, 0.25) is 0 Å². The lowest BCUT2D eigenvalue weighted by molar-refractivity contribution is -0.136. The van der Waals surface area contributed by atoms with E-state index in [0.29, 0.717) is 24.3 Å². The summed E-state index contributed by atoms with van der Waals surface area (Å²) in [6.45, 7) is 2.55. The Labute approximate surface area is 163 Å². The van der Waals surface area contributed by atoms with Crippen LogP contribution in [0, 0.1) is 0 Å². The molecule has 1 aromatic heterocycles. The number of aliphatic hydroxyl groups is 1. The first kappa shape index (κ1) is 17.5. The molecule has 0 radical (unpaired) electrons. The van der Waals surface area contributed by atoms with Gasteiger partial charge in [0, 0.05) is 37.9 Å². The minimum atomic E-state index is -0.391. The zero-order valence-electron chi connectivity index (χ0n) is 15.5. The third kappa shape index (κ3) is 3.10. The lowest BCUT2D eigenvalue weighted by Gasteiger charge is -2.34. The number of pyridine rings is 1. The van der Waals surface area contributed by atoms with Crippen molar-refractivity contribution in [2.75, 3.05) is 26.3 Å². The van der Waals surface area contributed by atoms with E-state index in [4.69, 9.17) is 14.6 Å². The summed E-state index contributed by atoms with van der Waals surface area (Å²) in [5.74, 6) is 1.08. The molecule has 0 aliphatic carbocycles. The molecular weight excluding hydrogens is 358 g/mol. The number of benzene rings is 1. The number of carbonyl (C=O) groups excluding carboxylic acids is 1. The first-order valence-corrected chi connectivity index (χ1v) is 9.69. The zero-order chi connectivity index (χ0) is 19.1. The third-order valence-corrected chi connectivity index (χ3v) is 5.93. The lowest BCUT2D eigenvalue weighted by atomic mass is 10.1. The van der Waals surface area contributed by atoms with Crippen LogP contribution in [-0.2, 0) is 11.3 Å². The van der Waals surface area contributed by atoms with Gasteiger partial charge in [0.15, 0.2) is 11.9 Å². The second-order valence-corrected chi connectivity index (χ2v) is 7.64. The van der Waals surface area contributed by atoms with Crippen molar-refractivity contribution < 1.29 is 19.4 Å². The highest BCUT2D eigenvalue weighted by Crippen LogP contribution is 2.35. The van der Waals surface area contributed by atoms with Crippen molar-refractivity contribution in [2.45, 2.75) is 31.2 Å². The van der Waals surface area contributed by atoms with Crippen LogP contribution in [0.1, 0.15) is 23.7 Å². The Morgan fingerprint density at radius 2 is 2.04 bits per heavy atom. The number of ether oxygens (including phenoxy) is 2. The van der Waals surface area contributed by atoms with E-state index in [-0.39, 0.29) is 18.1 Å². The van der Waals surface area contributed by atoms with Crippen molar-refractivity contribution in [1.29, 1.82) is 0 Å². The van der Waals surface area contributed by atoms with Crippen LogP contribution in [-0.4, -0.2) is 64.2 Å². The van der Waals surface area contributed by atoms with Gasteiger partial charge in [-0.15, -0.1) is 0 Å². The Morgan fingerprint density at radius 3 is 2.79 bits per heavy atom. The molecule has 3 aliphatic rings. The van der Waals surface area contributed by atoms with Gasteiger partial charge in [0.25, 0.3) is 5.88 Å². The van der Waals surface area contributed by atoms with Crippen LogP contribution < -0.4 is 9.47 Å². The zero-order valence-corrected chi connectivity index (χ0v) is 15.5. The number of nitrogens with zero attached hydrogens (tertiary/aromatic N) is 3. The molecule has 2 aromatic rings. The van der Waals surface area contributed by atoms with Crippen molar-refractivity contribution >= 4 is 5.91 Å². The van der Waals surface area contributed by atoms with E-state index in [1.807, 2.05) is 17.0 Å². The van der Waals surface area contributed by atoms with Crippen molar-refractivity contribution in [2.24, 2.45) is 0 Å². The van der Waals surface area contributed by atoms with Crippen LogP contribution in [0.5, 0.6) is 11.6 Å². The van der Waals surface area contributed by atoms with Gasteiger partial charge in [0.1, 0.15) is 13.2 Å². The molecule has 5 rings (SSSR count). The Bertz CT molecular complexity index is 872. The van der Waals surface area contributed by atoms with Crippen molar-refractivity contribution in [3.63, 3.8) is 0 Å². The minimum absolute atomic E-state index is 0.151. The molecule has 7 nitrogen and oxygen atoms in total. The number of carbonyl (C=O) groups is 1. The molecule has 3 unspecified atom stereocenters. The molecule has 7 heteroatoms. The molecule has 2 saturated heterocycles. The number of amides is 1. The van der Waals surface area contributed by atoms with E-state index in [0.717, 1.165) is 31.6 Å². The van der Waals surface area contributed by atoms with Gasteiger partial charge >= 0.3 is 0 Å². The van der Waals surface area contributed by atoms with Gasteiger partial charge in [-0.05, 0) is 29.7 Å². The fourth-order valence-electron chi connectivity index (χ4n) is 4.48. The van der Waals surface area contributed by atoms with Crippen LogP contribution in [0.3, 0.4) is 0 Å². The molecule has 1 amide bonds. The number of rotatable bonds is 4. The van der Waals surface area contributed by atoms with E-state index in [9.17, 15) is 4.79 Å². The first-order chi connectivity index (χ1) is 13.7. The second-order valence-electron chi connectivity index (χ2n) is 7.64. The lowest BCUT2D eigenvalue weighted by Crippen LogP contribution is -2.49. The standard InChI is InChI=1S/C21H23N3O4/c25-12-20(26)24-11-16-8-17(24)10-23(16)9-14-3-5-15(6-4-14)19-13-27-18-2-1-7-22-21(18)28-19/h1-7,16-17,19,25H,8-13H2. The van der Waals surface area contributed by atoms with Crippen LogP contribution in [0.15, 0.2) is 42.6 Å². The average molecular weight is 381 g/mol. The quantitative estimate of drug-likeness (QED) is 0.862. The van der Waals surface area contributed by atoms with E-state index >= 15 is 0 Å². The van der Waals surface area contributed by atoms with Crippen molar-refractivity contribution in [1.82, 2.24) is 14.8 Å². The summed E-state index contributed by atoms with van der Waals surface area (Å²) in [5, 5.41) is 9.08. The Balaban J connectivity index is 1.21. The van der Waals surface area contributed by atoms with Crippen LogP contribution in [0.4, 0.5) is 0 Å². The molecule has 1 N–H and O–H groups in total. The predicted octanol–water partition coefficient (Wildman–Crippen LogP) is 1.37. The summed E-state index contributed by atoms with van der Waals surface area (Å²) in [6.07, 6.45) is 2.55. The summed E-state index contributed by atoms with van der Waals surface area (Å²) in [5.41, 5.74) is 2.31. The largest absolute Gasteiger partial charge is 0.484 e. The Hall–Kier alpha value is -2.64. The number of piperazine rings is 1. The SMILES string of the molecule is O=C(CO)N1CC2CC1CN2Cc1ccc(C2COc3cccnc3O2)cc1. The highest BCUT2D eigenvalue weighted by atomic mass is 16.6. The summed E-state index contributed by atoms with van der Waals surface area (Å²) < 4.78 is 11.7. The molecule has 146 valence electrons. The molecular formula is C21H23N3O4. The van der Waals surface area contributed by atoms with E-state index in [1.165, 1.54) is 5.56 Å². The summed E-state index contributed by atoms with van der Waals surface area (Å²) in [7, 11) is 0. The van der Waals surface area contributed by atoms with Gasteiger partial charge in [-0.2, -0.15) is 0 Å². The monoisotopic (exact) mass is 381 g/mol. The summed E-state index contributed by atoms with van der Waals surface area (Å²) in [4.78, 5) is 20.3. The molecule has 1 aromatic carbocycles. The van der Waals surface area contributed by atoms with Crippen LogP contribution in [0.25, 0.3) is 0 Å². The molecule has 2 bridgehead atoms. The maximum absolute atomic E-state index is 11.8. The van der Waals surface area contributed by atoms with Crippen molar-refractivity contribution in [3.8, 4) is 11.6 Å². The summed E-state index contributed by atoms with van der Waals surface area (Å²) >= 11 is 0. The number of aliphatic hydroxyl groups excluding tert-OH is 1. The fourth-order valence-corrected chi connectivity index (χ4v) is 4.48. The van der Waals surface area contributed by atoms with E-state index in [2.05, 4.69) is 34.1 Å². The van der Waals surface area contributed by atoms with Gasteiger partial charge in [-0.3, -0.25) is 9.69 Å². The number of aromatic nitrogens is 1. The number of fused-ring (bicyclic) bond motifs is 3. The molecule has 0 saturated carbocycles. The van der Waals surface area contributed by atoms with Gasteiger partial charge in [0.2, 0.25) is 5.91 Å². The normalized spacial score (nSPS) is 25.9. The fraction of sp³-hybridized carbons (Fsp3) is 0.429. The minimum Gasteiger partial charge on any atom is -0.484 e. The maximum atomic E-state index is 11.8. The summed E-state index contributed by atoms with van der Waals surface area (Å²) in [6, 6.07) is 12.8. The Kier molecular flexibility index (Phi) is 4.41. The molecule has 0 spiro atoms. The molecule has 4 heterocycles. The smallest absolute Gasteiger partial charge is 0.257 e. The van der Waals surface area contributed by atoms with E-state index in [1.54, 1.807) is 6.20 Å². The first-order valence-electron chi connectivity index (χ1n) is 9.69. The number of likely N-dealkylation sites (tertiary alicyclic amines) is 2. The highest BCUT2D eigenvalue weighted by molar-refractivity contribution is 5.78. The van der Waals surface area contributed by atoms with Gasteiger partial charge in [-0.1, -0.05) is 24.3 Å². The molecule has 28 heavy (non-hydrogen) atoms.